The summed E-state index contributed by atoms with van der Waals surface area (Å²) in [6.45, 7) is 4.91. The number of phenols is 1. The van der Waals surface area contributed by atoms with Crippen molar-refractivity contribution in [2.75, 3.05) is 17.3 Å². The van der Waals surface area contributed by atoms with E-state index in [2.05, 4.69) is 45.7 Å². The number of aromatic amines is 1. The van der Waals surface area contributed by atoms with E-state index in [-0.39, 0.29) is 11.3 Å². The molecular formula is C30H30N8O3+2. The van der Waals surface area contributed by atoms with E-state index in [9.17, 15) is 15.2 Å². The molecule has 0 saturated heterocycles. The standard InChI is InChI=1S/C30H28N8O3/c1-19(2)12-15-41-23-10-8-22(9-11-23)35-29(40)25-16-20-6-3-4-7-24(20)26(27(25)39)36-37-28-21(17-31)18-34-38(28)30-32-13-5-14-33-30/h3-11,13-14,16,18-19,36H,12,15H2,1-2H3,(H3,34,35,37,39,40)/p+2. The second-order valence-electron chi connectivity index (χ2n) is 9.74. The predicted molar refractivity (Wildman–Crippen MR) is 153 cm³/mol. The molecule has 3 aromatic carbocycles. The van der Waals surface area contributed by atoms with Gasteiger partial charge in [0.15, 0.2) is 5.75 Å². The minimum Gasteiger partial charge on any atom is -0.502 e. The molecule has 206 valence electrons. The second kappa shape index (κ2) is 12.1. The zero-order chi connectivity index (χ0) is 28.8. The van der Waals surface area contributed by atoms with Crippen molar-refractivity contribution in [3.8, 4) is 23.5 Å². The molecule has 0 aliphatic carbocycles. The van der Waals surface area contributed by atoms with Crippen molar-refractivity contribution in [2.45, 2.75) is 20.3 Å². The van der Waals surface area contributed by atoms with Crippen LogP contribution in [0.5, 0.6) is 11.5 Å². The Hall–Kier alpha value is -5.47. The van der Waals surface area contributed by atoms with Crippen LogP contribution in [-0.4, -0.2) is 32.7 Å². The van der Waals surface area contributed by atoms with Gasteiger partial charge in [0.2, 0.25) is 5.69 Å². The maximum Gasteiger partial charge on any atom is 0.406 e. The zero-order valence-electron chi connectivity index (χ0n) is 22.6. The van der Waals surface area contributed by atoms with E-state index in [4.69, 9.17) is 4.74 Å². The highest BCUT2D eigenvalue weighted by molar-refractivity contribution is 6.11. The third kappa shape index (κ3) is 6.08. The summed E-state index contributed by atoms with van der Waals surface area (Å²) in [7, 11) is 0. The van der Waals surface area contributed by atoms with Gasteiger partial charge in [-0.1, -0.05) is 32.0 Å². The number of nitrogen functional groups attached to an aromatic ring is 1. The summed E-state index contributed by atoms with van der Waals surface area (Å²) in [5.41, 5.74) is 6.02. The number of hydrogen-bond acceptors (Lipinski definition) is 7. The fraction of sp³-hybridized carbons (Fsp3) is 0.167. The molecule has 5 rings (SSSR count). The number of nitrogens with two attached hydrogens (primary N) is 1. The first-order valence-electron chi connectivity index (χ1n) is 13.1. The van der Waals surface area contributed by atoms with Gasteiger partial charge in [-0.15, -0.1) is 14.6 Å². The summed E-state index contributed by atoms with van der Waals surface area (Å²) < 4.78 is 7.27. The smallest absolute Gasteiger partial charge is 0.406 e. The molecule has 1 amide bonds. The maximum absolute atomic E-state index is 13.3. The van der Waals surface area contributed by atoms with Crippen molar-refractivity contribution in [3.05, 3.63) is 90.4 Å². The van der Waals surface area contributed by atoms with Crippen LogP contribution in [0.15, 0.2) is 79.3 Å². The Balaban J connectivity index is 1.40. The number of fused-ring (bicyclic) bond motifs is 1. The first-order chi connectivity index (χ1) is 19.9. The Morgan fingerprint density at radius 2 is 1.90 bits per heavy atom. The largest absolute Gasteiger partial charge is 0.502 e. The fourth-order valence-corrected chi connectivity index (χ4v) is 4.24. The number of carbonyl (C=O) groups is 1. The number of anilines is 2. The average molecular weight is 551 g/mol. The number of aromatic hydroxyl groups is 1. The molecule has 6 N–H and O–H groups in total. The van der Waals surface area contributed by atoms with Gasteiger partial charge in [0, 0.05) is 11.1 Å². The molecule has 0 aliphatic rings. The Morgan fingerprint density at radius 3 is 2.63 bits per heavy atom. The minimum atomic E-state index is -0.469. The molecule has 0 radical (unpaired) electrons. The van der Waals surface area contributed by atoms with Gasteiger partial charge < -0.3 is 15.2 Å². The number of ether oxygens (including phenoxy) is 1. The van der Waals surface area contributed by atoms with E-state index in [0.717, 1.165) is 17.6 Å². The van der Waals surface area contributed by atoms with Crippen molar-refractivity contribution in [1.82, 2.24) is 15.1 Å². The van der Waals surface area contributed by atoms with Crippen LogP contribution in [-0.2, 0) is 0 Å². The van der Waals surface area contributed by atoms with Crippen LogP contribution >= 0.6 is 0 Å². The molecule has 0 bridgehead atoms. The Kier molecular flexibility index (Phi) is 8.03. The van der Waals surface area contributed by atoms with Gasteiger partial charge in [-0.05, 0) is 60.2 Å². The van der Waals surface area contributed by atoms with Crippen LogP contribution in [0.3, 0.4) is 0 Å². The van der Waals surface area contributed by atoms with E-state index in [1.807, 2.05) is 24.3 Å². The monoisotopic (exact) mass is 550 g/mol. The number of quaternary nitrogens is 1. The van der Waals surface area contributed by atoms with Crippen LogP contribution in [0.1, 0.15) is 36.2 Å². The summed E-state index contributed by atoms with van der Waals surface area (Å²) >= 11 is 0. The summed E-state index contributed by atoms with van der Waals surface area (Å²) in [6.07, 6.45) is 5.65. The van der Waals surface area contributed by atoms with Crippen LogP contribution in [0, 0.1) is 17.2 Å². The van der Waals surface area contributed by atoms with Crippen molar-refractivity contribution >= 4 is 33.9 Å². The number of nitrogens with zero attached hydrogens (tertiary/aromatic N) is 4. The molecule has 0 fully saturated rings. The number of aromatic nitrogens is 4. The van der Waals surface area contributed by atoms with Gasteiger partial charge >= 0.3 is 5.95 Å². The first-order valence-corrected chi connectivity index (χ1v) is 13.1. The van der Waals surface area contributed by atoms with Gasteiger partial charge in [0.05, 0.1) is 30.8 Å². The quantitative estimate of drug-likeness (QED) is 0.0583. The van der Waals surface area contributed by atoms with E-state index in [1.165, 1.54) is 10.9 Å². The number of nitriles is 1. The Morgan fingerprint density at radius 1 is 1.15 bits per heavy atom. The lowest BCUT2D eigenvalue weighted by Gasteiger charge is -2.12. The highest BCUT2D eigenvalue weighted by Crippen LogP contribution is 2.33. The van der Waals surface area contributed by atoms with E-state index in [0.29, 0.717) is 46.6 Å². The number of nitrogens with one attached hydrogen (secondary N) is 3. The summed E-state index contributed by atoms with van der Waals surface area (Å²) in [5.74, 6) is 1.29. The normalized spacial score (nSPS) is 10.9. The molecule has 2 aromatic heterocycles. The molecular weight excluding hydrogens is 520 g/mol. The summed E-state index contributed by atoms with van der Waals surface area (Å²) in [4.78, 5) is 21.8. The van der Waals surface area contributed by atoms with Gasteiger partial charge in [0.1, 0.15) is 17.4 Å². The highest BCUT2D eigenvalue weighted by Gasteiger charge is 2.25. The molecule has 0 atom stereocenters. The lowest BCUT2D eigenvalue weighted by atomic mass is 10.0. The van der Waals surface area contributed by atoms with Crippen molar-refractivity contribution < 1.29 is 24.7 Å². The first kappa shape index (κ1) is 27.1. The number of amides is 1. The molecule has 2 heterocycles. The van der Waals surface area contributed by atoms with E-state index >= 15 is 0 Å². The molecule has 5 aromatic rings. The third-order valence-electron chi connectivity index (χ3n) is 6.42. The SMILES string of the molecule is CC(C)CCOc1ccc(NC(=O)c2cc3ccccc3c([NH2+]Nc3c(C#N)c[nH][n+]3-c3ncccn3)c2O)cc1. The van der Waals surface area contributed by atoms with Crippen molar-refractivity contribution in [2.24, 2.45) is 5.92 Å². The number of rotatable bonds is 10. The number of carbonyl (C=O) groups excluding carboxylic acids is 1. The Labute approximate surface area is 236 Å². The van der Waals surface area contributed by atoms with Crippen molar-refractivity contribution in [1.29, 1.82) is 5.26 Å². The van der Waals surface area contributed by atoms with Gasteiger partial charge in [-0.3, -0.25) is 9.89 Å². The zero-order valence-corrected chi connectivity index (χ0v) is 22.6. The van der Waals surface area contributed by atoms with Gasteiger partial charge in [-0.25, -0.2) is 0 Å². The number of phenolic OH excluding ortho intramolecular Hbond substituents is 1. The number of benzene rings is 3. The number of hydrogen-bond donors (Lipinski definition) is 5. The molecule has 0 spiro atoms. The van der Waals surface area contributed by atoms with E-state index in [1.54, 1.807) is 54.2 Å². The highest BCUT2D eigenvalue weighted by atomic mass is 16.5. The molecule has 0 unspecified atom stereocenters. The van der Waals surface area contributed by atoms with Crippen molar-refractivity contribution in [3.63, 3.8) is 0 Å². The lowest BCUT2D eigenvalue weighted by Crippen LogP contribution is -2.83. The van der Waals surface area contributed by atoms with Crippen LogP contribution in [0.2, 0.25) is 0 Å². The number of H-pyrrole nitrogens is 1. The molecule has 0 saturated carbocycles. The second-order valence-corrected chi connectivity index (χ2v) is 9.74. The van der Waals surface area contributed by atoms with Crippen LogP contribution < -0.4 is 25.6 Å². The maximum atomic E-state index is 13.3. The van der Waals surface area contributed by atoms with Crippen LogP contribution in [0.25, 0.3) is 16.7 Å². The summed E-state index contributed by atoms with van der Waals surface area (Å²) in [6, 6.07) is 20.0. The molecule has 11 nitrogen and oxygen atoms in total. The lowest BCUT2D eigenvalue weighted by molar-refractivity contribution is -0.663. The third-order valence-corrected chi connectivity index (χ3v) is 6.42. The van der Waals surface area contributed by atoms with Gasteiger partial charge in [0.25, 0.3) is 11.7 Å². The molecule has 41 heavy (non-hydrogen) atoms. The minimum absolute atomic E-state index is 0.0999. The Bertz CT molecular complexity index is 1710. The topological polar surface area (TPSA) is 156 Å². The van der Waals surface area contributed by atoms with Gasteiger partial charge in [-0.2, -0.15) is 16.1 Å². The molecule has 0 aliphatic heterocycles. The van der Waals surface area contributed by atoms with Crippen LogP contribution in [0.4, 0.5) is 17.2 Å². The van der Waals surface area contributed by atoms with E-state index < -0.39 is 5.91 Å². The summed E-state index contributed by atoms with van der Waals surface area (Å²) in [5, 5.41) is 28.2. The predicted octanol–water partition coefficient (Wildman–Crippen LogP) is 3.71. The fourth-order valence-electron chi connectivity index (χ4n) is 4.24. The average Bonchev–Trinajstić information content (AvgIpc) is 3.40. The molecule has 11 heteroatoms.